The van der Waals surface area contributed by atoms with E-state index in [2.05, 4.69) is 142 Å². The number of rotatable bonds is 5. The van der Waals surface area contributed by atoms with Crippen LogP contribution in [0.2, 0.25) is 0 Å². The summed E-state index contributed by atoms with van der Waals surface area (Å²) >= 11 is 0. The third-order valence-corrected chi connectivity index (χ3v) is 13.3. The number of hydrogen-bond acceptors (Lipinski definition) is 1. The number of nitrogens with zero attached hydrogens (tertiary/aromatic N) is 3. The van der Waals surface area contributed by atoms with Gasteiger partial charge >= 0.3 is 0 Å². The third kappa shape index (κ3) is 3.58. The molecule has 0 amide bonds. The molecule has 0 fully saturated rings. The summed E-state index contributed by atoms with van der Waals surface area (Å²) in [7, 11) is 0. The van der Waals surface area contributed by atoms with Gasteiger partial charge in [0.05, 0.1) is 22.1 Å². The van der Waals surface area contributed by atoms with Crippen molar-refractivity contribution in [2.45, 2.75) is 78.6 Å². The Labute approximate surface area is 300 Å². The Kier molecular flexibility index (Phi) is 5.83. The SMILES string of the molecule is CCC(CC)c1ccc2c3c1nc1n(-c4ccc5c(c4)C(C)(C)c4ccccc4-5)c4ccc5c6c(cc(c(c64)n31)B2c1c(C)cccc1C)CC5. The molecule has 11 rings (SSSR count). The van der Waals surface area contributed by atoms with Gasteiger partial charge in [0.2, 0.25) is 12.5 Å². The van der Waals surface area contributed by atoms with E-state index in [0.717, 1.165) is 31.5 Å². The van der Waals surface area contributed by atoms with E-state index in [4.69, 9.17) is 4.98 Å². The molecule has 51 heavy (non-hydrogen) atoms. The standard InChI is InChI=1S/C47H42BN3/c1-7-28(8-2)32-21-22-37-45-43(32)49-46-50(31-19-20-34-33-14-9-10-15-35(33)47(5,6)36(34)25-31)39-23-18-29-16-17-30-24-38(44(51(45)46)41(39)40(29)30)48(37)42-26(3)12-11-13-27(42)4/h9-15,18-25,28H,7-8,16-17H2,1-6H3. The highest BCUT2D eigenvalue weighted by Crippen LogP contribution is 2.50. The monoisotopic (exact) mass is 659 g/mol. The van der Waals surface area contributed by atoms with Crippen LogP contribution in [0.15, 0.2) is 91.0 Å². The second-order valence-corrected chi connectivity index (χ2v) is 16.1. The molecule has 0 unspecified atom stereocenters. The van der Waals surface area contributed by atoms with Crippen LogP contribution in [-0.2, 0) is 18.3 Å². The number of aryl methyl sites for hydroxylation is 4. The Morgan fingerprint density at radius 3 is 2.29 bits per heavy atom. The lowest BCUT2D eigenvalue weighted by Crippen LogP contribution is -2.56. The maximum Gasteiger partial charge on any atom is 0.247 e. The van der Waals surface area contributed by atoms with Crippen LogP contribution in [0, 0.1) is 13.8 Å². The van der Waals surface area contributed by atoms with Gasteiger partial charge in [0.1, 0.15) is 0 Å². The molecule has 3 nitrogen and oxygen atoms in total. The predicted molar refractivity (Wildman–Crippen MR) is 216 cm³/mol. The fourth-order valence-corrected chi connectivity index (χ4v) is 10.9. The molecular weight excluding hydrogens is 617 g/mol. The Hall–Kier alpha value is -5.09. The van der Waals surface area contributed by atoms with Crippen LogP contribution >= 0.6 is 0 Å². The summed E-state index contributed by atoms with van der Waals surface area (Å²) in [6, 6.07) is 35.3. The normalized spacial score (nSPS) is 15.2. The zero-order valence-electron chi connectivity index (χ0n) is 30.5. The first-order chi connectivity index (χ1) is 24.8. The first-order valence-corrected chi connectivity index (χ1v) is 19.1. The van der Waals surface area contributed by atoms with Crippen LogP contribution in [0.25, 0.3) is 55.4 Å². The van der Waals surface area contributed by atoms with Crippen molar-refractivity contribution >= 4 is 61.7 Å². The van der Waals surface area contributed by atoms with E-state index in [-0.39, 0.29) is 12.1 Å². The molecule has 0 bridgehead atoms. The molecule has 0 spiro atoms. The lowest BCUT2D eigenvalue weighted by molar-refractivity contribution is 0.646. The van der Waals surface area contributed by atoms with E-state index in [1.165, 1.54) is 105 Å². The fraction of sp³-hybridized carbons (Fsp3) is 0.255. The molecule has 1 aliphatic heterocycles. The Balaban J connectivity index is 1.34. The van der Waals surface area contributed by atoms with Crippen molar-refractivity contribution < 1.29 is 0 Å². The van der Waals surface area contributed by atoms with Crippen molar-refractivity contribution in [1.82, 2.24) is 14.0 Å². The molecule has 0 saturated carbocycles. The summed E-state index contributed by atoms with van der Waals surface area (Å²) in [4.78, 5) is 5.80. The first kappa shape index (κ1) is 29.6. The van der Waals surface area contributed by atoms with Crippen molar-refractivity contribution in [1.29, 1.82) is 0 Å². The van der Waals surface area contributed by atoms with E-state index in [1.807, 2.05) is 0 Å². The van der Waals surface area contributed by atoms with Crippen LogP contribution in [0.3, 0.4) is 0 Å². The number of imidazole rings is 1. The average Bonchev–Trinajstić information content (AvgIpc) is 3.81. The second-order valence-electron chi connectivity index (χ2n) is 16.1. The van der Waals surface area contributed by atoms with Gasteiger partial charge in [0, 0.05) is 16.5 Å². The van der Waals surface area contributed by atoms with Crippen molar-refractivity contribution in [3.8, 4) is 16.8 Å². The molecule has 0 radical (unpaired) electrons. The van der Waals surface area contributed by atoms with E-state index >= 15 is 0 Å². The smallest absolute Gasteiger partial charge is 0.247 e. The van der Waals surface area contributed by atoms with E-state index in [9.17, 15) is 0 Å². The average molecular weight is 660 g/mol. The van der Waals surface area contributed by atoms with Gasteiger partial charge in [-0.2, -0.15) is 0 Å². The Bertz CT molecular complexity index is 2820. The maximum absolute atomic E-state index is 5.80. The van der Waals surface area contributed by atoms with Crippen LogP contribution in [0.4, 0.5) is 0 Å². The van der Waals surface area contributed by atoms with Gasteiger partial charge in [-0.05, 0) is 119 Å². The van der Waals surface area contributed by atoms with Crippen LogP contribution in [0.5, 0.6) is 0 Å². The van der Waals surface area contributed by atoms with E-state index < -0.39 is 0 Å². The lowest BCUT2D eigenvalue weighted by Gasteiger charge is -2.29. The van der Waals surface area contributed by atoms with Crippen LogP contribution in [-0.4, -0.2) is 20.7 Å². The summed E-state index contributed by atoms with van der Waals surface area (Å²) < 4.78 is 5.11. The van der Waals surface area contributed by atoms with Crippen molar-refractivity contribution in [3.63, 3.8) is 0 Å². The van der Waals surface area contributed by atoms with E-state index in [1.54, 1.807) is 0 Å². The summed E-state index contributed by atoms with van der Waals surface area (Å²) in [6.07, 6.45) is 4.41. The highest BCUT2D eigenvalue weighted by atomic mass is 15.2. The summed E-state index contributed by atoms with van der Waals surface area (Å²) in [6.45, 7) is 14.2. The summed E-state index contributed by atoms with van der Waals surface area (Å²) in [5.74, 6) is 1.48. The first-order valence-electron chi connectivity index (χ1n) is 19.1. The third-order valence-electron chi connectivity index (χ3n) is 13.3. The molecule has 2 aromatic heterocycles. The van der Waals surface area contributed by atoms with Crippen LogP contribution < -0.4 is 16.4 Å². The lowest BCUT2D eigenvalue weighted by atomic mass is 9.34. The quantitative estimate of drug-likeness (QED) is 0.169. The molecule has 0 atom stereocenters. The molecule has 248 valence electrons. The highest BCUT2D eigenvalue weighted by molar-refractivity contribution is 6.99. The van der Waals surface area contributed by atoms with Crippen LogP contribution in [0.1, 0.15) is 85.4 Å². The van der Waals surface area contributed by atoms with Gasteiger partial charge in [0.25, 0.3) is 0 Å². The topological polar surface area (TPSA) is 22.2 Å². The van der Waals surface area contributed by atoms with Crippen molar-refractivity contribution in [2.75, 3.05) is 0 Å². The molecule has 3 aliphatic rings. The van der Waals surface area contributed by atoms with Gasteiger partial charge in [0.15, 0.2) is 0 Å². The minimum absolute atomic E-state index is 0.0852. The van der Waals surface area contributed by atoms with Gasteiger partial charge in [-0.25, -0.2) is 4.98 Å². The Morgan fingerprint density at radius 1 is 0.725 bits per heavy atom. The molecule has 6 aromatic carbocycles. The van der Waals surface area contributed by atoms with Gasteiger partial charge in [-0.1, -0.05) is 117 Å². The molecular formula is C47H42BN3. The van der Waals surface area contributed by atoms with Crippen molar-refractivity contribution in [3.05, 3.63) is 130 Å². The highest BCUT2D eigenvalue weighted by Gasteiger charge is 2.39. The predicted octanol–water partition coefficient (Wildman–Crippen LogP) is 9.34. The summed E-state index contributed by atoms with van der Waals surface area (Å²) in [5.41, 5.74) is 23.1. The molecule has 0 N–H and O–H groups in total. The zero-order chi connectivity index (χ0) is 34.5. The van der Waals surface area contributed by atoms with Crippen molar-refractivity contribution in [2.24, 2.45) is 0 Å². The zero-order valence-corrected chi connectivity index (χ0v) is 30.5. The largest absolute Gasteiger partial charge is 0.280 e. The minimum atomic E-state index is -0.0852. The number of fused-ring (bicyclic) bond motifs is 3. The molecule has 2 aliphatic carbocycles. The fourth-order valence-electron chi connectivity index (χ4n) is 10.9. The molecule has 0 saturated heterocycles. The molecule has 4 heteroatoms. The molecule has 8 aromatic rings. The van der Waals surface area contributed by atoms with E-state index in [0.29, 0.717) is 5.92 Å². The minimum Gasteiger partial charge on any atom is -0.280 e. The molecule has 3 heterocycles. The maximum atomic E-state index is 5.80. The Morgan fingerprint density at radius 2 is 1.49 bits per heavy atom. The summed E-state index contributed by atoms with van der Waals surface area (Å²) in [5, 5.41) is 2.87. The van der Waals surface area contributed by atoms with Gasteiger partial charge in [-0.15, -0.1) is 0 Å². The second kappa shape index (κ2) is 10.0. The van der Waals surface area contributed by atoms with Gasteiger partial charge in [-0.3, -0.25) is 8.97 Å². The number of benzene rings is 6. The van der Waals surface area contributed by atoms with Gasteiger partial charge < -0.3 is 0 Å². The number of aromatic nitrogens is 3. The number of hydrogen-bond donors (Lipinski definition) is 0.